The number of anilines is 1. The first-order valence-electron chi connectivity index (χ1n) is 10.8. The van der Waals surface area contributed by atoms with E-state index in [1.54, 1.807) is 6.20 Å². The van der Waals surface area contributed by atoms with E-state index in [1.165, 1.54) is 0 Å². The van der Waals surface area contributed by atoms with Gasteiger partial charge in [0.05, 0.1) is 17.9 Å². The van der Waals surface area contributed by atoms with E-state index in [0.717, 1.165) is 23.6 Å². The Kier molecular flexibility index (Phi) is 5.30. The highest BCUT2D eigenvalue weighted by molar-refractivity contribution is 5.84. The molecular formula is C23H31N5O2. The van der Waals surface area contributed by atoms with Crippen molar-refractivity contribution in [3.63, 3.8) is 0 Å². The van der Waals surface area contributed by atoms with Gasteiger partial charge in [-0.15, -0.1) is 0 Å². The number of hydrogen-bond donors (Lipinski definition) is 1. The molecular weight excluding hydrogens is 378 g/mol. The van der Waals surface area contributed by atoms with E-state index in [9.17, 15) is 9.59 Å². The highest BCUT2D eigenvalue weighted by Crippen LogP contribution is 2.46. The zero-order valence-electron chi connectivity index (χ0n) is 18.3. The molecule has 0 saturated carbocycles. The third-order valence-electron chi connectivity index (χ3n) is 5.96. The molecule has 7 nitrogen and oxygen atoms in total. The van der Waals surface area contributed by atoms with Crippen LogP contribution < -0.4 is 10.2 Å². The van der Waals surface area contributed by atoms with Crippen LogP contribution in [0.1, 0.15) is 46.2 Å². The van der Waals surface area contributed by atoms with Crippen LogP contribution in [0.25, 0.3) is 5.82 Å². The van der Waals surface area contributed by atoms with Crippen LogP contribution in [0.2, 0.25) is 0 Å². The number of amides is 2. The lowest BCUT2D eigenvalue weighted by Gasteiger charge is -2.46. The van der Waals surface area contributed by atoms with E-state index in [2.05, 4.69) is 39.7 Å². The van der Waals surface area contributed by atoms with Crippen molar-refractivity contribution in [1.29, 1.82) is 0 Å². The monoisotopic (exact) mass is 409 g/mol. The second-order valence-corrected chi connectivity index (χ2v) is 9.11. The Hall–Kier alpha value is -2.83. The van der Waals surface area contributed by atoms with Crippen LogP contribution >= 0.6 is 0 Å². The second kappa shape index (κ2) is 7.78. The topological polar surface area (TPSA) is 70.5 Å². The van der Waals surface area contributed by atoms with Crippen molar-refractivity contribution in [3.05, 3.63) is 42.4 Å². The molecule has 1 fully saturated rings. The average Bonchev–Trinajstić information content (AvgIpc) is 3.33. The summed E-state index contributed by atoms with van der Waals surface area (Å²) in [6, 6.07) is 8.12. The lowest BCUT2D eigenvalue weighted by Crippen LogP contribution is -2.56. The molecule has 2 aliphatic heterocycles. The molecule has 0 radical (unpaired) electrons. The number of pyridine rings is 1. The Morgan fingerprint density at radius 2 is 2.00 bits per heavy atom. The number of likely N-dealkylation sites (tertiary alicyclic amines) is 1. The van der Waals surface area contributed by atoms with Gasteiger partial charge in [0, 0.05) is 37.9 Å². The molecule has 0 aromatic carbocycles. The number of carbonyl (C=O) groups excluding carboxylic acids is 2. The maximum atomic E-state index is 12.9. The van der Waals surface area contributed by atoms with Gasteiger partial charge >= 0.3 is 0 Å². The number of carbonyl (C=O) groups is 2. The summed E-state index contributed by atoms with van der Waals surface area (Å²) in [7, 11) is 0. The Morgan fingerprint density at radius 3 is 2.73 bits per heavy atom. The normalized spacial score (nSPS) is 20.1. The van der Waals surface area contributed by atoms with Gasteiger partial charge < -0.3 is 19.7 Å². The SMILES string of the molecule is CC(C)CC(=O)N1CCC2(C1)c1cccn1-c1ncccc1N2CC(=O)NC(C)C. The first-order valence-corrected chi connectivity index (χ1v) is 10.8. The van der Waals surface area contributed by atoms with Crippen molar-refractivity contribution in [3.8, 4) is 5.82 Å². The van der Waals surface area contributed by atoms with Gasteiger partial charge in [0.2, 0.25) is 11.8 Å². The van der Waals surface area contributed by atoms with Crippen molar-refractivity contribution in [1.82, 2.24) is 19.8 Å². The number of aromatic nitrogens is 2. The summed E-state index contributed by atoms with van der Waals surface area (Å²) < 4.78 is 2.11. The van der Waals surface area contributed by atoms with Crippen LogP contribution in [0.3, 0.4) is 0 Å². The zero-order valence-corrected chi connectivity index (χ0v) is 18.3. The van der Waals surface area contributed by atoms with Gasteiger partial charge in [-0.1, -0.05) is 13.8 Å². The lowest BCUT2D eigenvalue weighted by molar-refractivity contribution is -0.131. The second-order valence-electron chi connectivity index (χ2n) is 9.11. The summed E-state index contributed by atoms with van der Waals surface area (Å²) in [6.45, 7) is 9.56. The third kappa shape index (κ3) is 3.46. The molecule has 4 rings (SSSR count). The highest BCUT2D eigenvalue weighted by Gasteiger charge is 2.51. The molecule has 0 aliphatic carbocycles. The Bertz CT molecular complexity index is 951. The zero-order chi connectivity index (χ0) is 21.5. The molecule has 1 N–H and O–H groups in total. The van der Waals surface area contributed by atoms with Crippen LogP contribution in [-0.2, 0) is 15.1 Å². The largest absolute Gasteiger partial charge is 0.352 e. The van der Waals surface area contributed by atoms with E-state index in [4.69, 9.17) is 0 Å². The summed E-state index contributed by atoms with van der Waals surface area (Å²) in [5.74, 6) is 1.31. The van der Waals surface area contributed by atoms with Gasteiger partial charge in [0.25, 0.3) is 0 Å². The van der Waals surface area contributed by atoms with E-state index >= 15 is 0 Å². The summed E-state index contributed by atoms with van der Waals surface area (Å²) in [5, 5.41) is 3.02. The molecule has 1 saturated heterocycles. The molecule has 0 bridgehead atoms. The van der Waals surface area contributed by atoms with Gasteiger partial charge in [0.1, 0.15) is 5.54 Å². The Labute approximate surface area is 178 Å². The molecule has 2 aliphatic rings. The molecule has 30 heavy (non-hydrogen) atoms. The molecule has 1 atom stereocenters. The minimum atomic E-state index is -0.444. The average molecular weight is 410 g/mol. The number of nitrogens with one attached hydrogen (secondary N) is 1. The van der Waals surface area contributed by atoms with Gasteiger partial charge in [-0.05, 0) is 50.5 Å². The molecule has 1 spiro atoms. The first kappa shape index (κ1) is 20.4. The Morgan fingerprint density at radius 1 is 1.20 bits per heavy atom. The molecule has 2 aromatic heterocycles. The fraction of sp³-hybridized carbons (Fsp3) is 0.522. The number of nitrogens with zero attached hydrogens (tertiary/aromatic N) is 4. The van der Waals surface area contributed by atoms with Crippen molar-refractivity contribution in [2.24, 2.45) is 5.92 Å². The molecule has 7 heteroatoms. The first-order chi connectivity index (χ1) is 14.3. The van der Waals surface area contributed by atoms with E-state index in [-0.39, 0.29) is 24.4 Å². The van der Waals surface area contributed by atoms with Crippen molar-refractivity contribution in [2.45, 2.75) is 52.1 Å². The van der Waals surface area contributed by atoms with E-state index in [1.807, 2.05) is 43.1 Å². The summed E-state index contributed by atoms with van der Waals surface area (Å²) >= 11 is 0. The quantitative estimate of drug-likeness (QED) is 0.824. The van der Waals surface area contributed by atoms with Crippen molar-refractivity contribution < 1.29 is 9.59 Å². The maximum Gasteiger partial charge on any atom is 0.239 e. The number of hydrogen-bond acceptors (Lipinski definition) is 4. The molecule has 2 aromatic rings. The Balaban J connectivity index is 1.75. The van der Waals surface area contributed by atoms with Crippen LogP contribution in [0.5, 0.6) is 0 Å². The van der Waals surface area contributed by atoms with Gasteiger partial charge in [-0.25, -0.2) is 4.98 Å². The highest BCUT2D eigenvalue weighted by atomic mass is 16.2. The predicted molar refractivity (Wildman–Crippen MR) is 117 cm³/mol. The molecule has 160 valence electrons. The summed E-state index contributed by atoms with van der Waals surface area (Å²) in [5.41, 5.74) is 1.57. The van der Waals surface area contributed by atoms with Crippen LogP contribution in [-0.4, -0.2) is 51.9 Å². The number of rotatable bonds is 5. The fourth-order valence-corrected chi connectivity index (χ4v) is 4.76. The predicted octanol–water partition coefficient (Wildman–Crippen LogP) is 2.69. The van der Waals surface area contributed by atoms with Crippen molar-refractivity contribution >= 4 is 17.5 Å². The molecule has 4 heterocycles. The molecule has 1 unspecified atom stereocenters. The van der Waals surface area contributed by atoms with E-state index in [0.29, 0.717) is 25.4 Å². The molecule has 2 amide bonds. The van der Waals surface area contributed by atoms with Crippen LogP contribution in [0.15, 0.2) is 36.7 Å². The van der Waals surface area contributed by atoms with Crippen LogP contribution in [0.4, 0.5) is 5.69 Å². The number of fused-ring (bicyclic) bond motifs is 4. The van der Waals surface area contributed by atoms with Gasteiger partial charge in [0.15, 0.2) is 5.82 Å². The fourth-order valence-electron chi connectivity index (χ4n) is 4.76. The van der Waals surface area contributed by atoms with Gasteiger partial charge in [-0.2, -0.15) is 0 Å². The van der Waals surface area contributed by atoms with Gasteiger partial charge in [-0.3, -0.25) is 9.59 Å². The summed E-state index contributed by atoms with van der Waals surface area (Å²) in [6.07, 6.45) is 5.13. The standard InChI is InChI=1S/C23H31N5O2/c1-16(2)13-21(30)26-12-9-23(15-26)19-8-6-11-27(19)22-18(7-5-10-24-22)28(23)14-20(29)25-17(3)4/h5-8,10-11,16-17H,9,12-15H2,1-4H3,(H,25,29). The summed E-state index contributed by atoms with van der Waals surface area (Å²) in [4.78, 5) is 34.4. The third-order valence-corrected chi connectivity index (χ3v) is 5.96. The minimum Gasteiger partial charge on any atom is -0.352 e. The minimum absolute atomic E-state index is 0.0221. The van der Waals surface area contributed by atoms with E-state index < -0.39 is 5.54 Å². The van der Waals surface area contributed by atoms with Crippen LogP contribution in [0, 0.1) is 5.92 Å². The smallest absolute Gasteiger partial charge is 0.239 e. The lowest BCUT2D eigenvalue weighted by atomic mass is 9.88. The van der Waals surface area contributed by atoms with Crippen molar-refractivity contribution in [2.75, 3.05) is 24.5 Å². The maximum absolute atomic E-state index is 12.9.